The maximum Gasteiger partial charge on any atom is 0.132 e. The minimum atomic E-state index is -1.34. The van der Waals surface area contributed by atoms with Crippen LogP contribution in [-0.4, -0.2) is 24.5 Å². The molecule has 1 unspecified atom stereocenters. The zero-order valence-corrected chi connectivity index (χ0v) is 12.1. The molecule has 1 aliphatic heterocycles. The highest BCUT2D eigenvalue weighted by molar-refractivity contribution is 5.21. The van der Waals surface area contributed by atoms with Gasteiger partial charge in [0.1, 0.15) is 17.8 Å². The van der Waals surface area contributed by atoms with Crippen LogP contribution in [0.2, 0.25) is 0 Å². The molecule has 0 aromatic heterocycles. The van der Waals surface area contributed by atoms with Crippen molar-refractivity contribution in [1.82, 2.24) is 4.90 Å². The van der Waals surface area contributed by atoms with E-state index in [1.165, 1.54) is 6.07 Å². The second kappa shape index (κ2) is 6.61. The Balaban J connectivity index is 1.96. The molecule has 20 heavy (non-hydrogen) atoms. The summed E-state index contributed by atoms with van der Waals surface area (Å²) in [5.41, 5.74) is -0.00582. The van der Waals surface area contributed by atoms with Gasteiger partial charge in [0.15, 0.2) is 0 Å². The van der Waals surface area contributed by atoms with E-state index >= 15 is 0 Å². The molecule has 0 bridgehead atoms. The first-order chi connectivity index (χ1) is 9.47. The van der Waals surface area contributed by atoms with Gasteiger partial charge in [0, 0.05) is 18.2 Å². The minimum absolute atomic E-state index is 0.00582. The van der Waals surface area contributed by atoms with E-state index in [9.17, 15) is 13.2 Å². The van der Waals surface area contributed by atoms with Gasteiger partial charge in [0.25, 0.3) is 0 Å². The highest BCUT2D eigenvalue weighted by Gasteiger charge is 2.29. The van der Waals surface area contributed by atoms with Gasteiger partial charge in [-0.25, -0.2) is 13.2 Å². The molecule has 1 aromatic carbocycles. The standard InChI is InChI=1S/C16H22F3N/c1-11(2)10-20-7-5-12(6-8-20)16(19)14-4-3-13(17)9-15(14)18/h3-4,9,11-12,16H,5-8,10H2,1-2H3. The summed E-state index contributed by atoms with van der Waals surface area (Å²) in [5.74, 6) is -1.01. The monoisotopic (exact) mass is 285 g/mol. The van der Waals surface area contributed by atoms with E-state index in [2.05, 4.69) is 18.7 Å². The molecule has 1 aliphatic rings. The third kappa shape index (κ3) is 3.75. The molecule has 112 valence electrons. The van der Waals surface area contributed by atoms with E-state index in [0.717, 1.165) is 44.6 Å². The van der Waals surface area contributed by atoms with E-state index in [0.29, 0.717) is 5.92 Å². The predicted molar refractivity (Wildman–Crippen MR) is 74.2 cm³/mol. The maximum absolute atomic E-state index is 14.4. The highest BCUT2D eigenvalue weighted by Crippen LogP contribution is 2.35. The molecule has 1 aromatic rings. The molecule has 1 atom stereocenters. The van der Waals surface area contributed by atoms with Crippen LogP contribution < -0.4 is 0 Å². The predicted octanol–water partition coefficient (Wildman–Crippen LogP) is 4.34. The average molecular weight is 285 g/mol. The van der Waals surface area contributed by atoms with Crippen molar-refractivity contribution in [3.63, 3.8) is 0 Å². The molecule has 0 saturated carbocycles. The number of hydrogen-bond acceptors (Lipinski definition) is 1. The molecule has 0 radical (unpaired) electrons. The van der Waals surface area contributed by atoms with Crippen LogP contribution in [0.3, 0.4) is 0 Å². The molecule has 1 fully saturated rings. The zero-order valence-electron chi connectivity index (χ0n) is 12.1. The van der Waals surface area contributed by atoms with Gasteiger partial charge in [0.05, 0.1) is 0 Å². The van der Waals surface area contributed by atoms with Gasteiger partial charge in [-0.05, 0) is 43.8 Å². The zero-order chi connectivity index (χ0) is 14.7. The molecule has 1 heterocycles. The number of benzene rings is 1. The number of likely N-dealkylation sites (tertiary alicyclic amines) is 1. The topological polar surface area (TPSA) is 3.24 Å². The first-order valence-electron chi connectivity index (χ1n) is 7.28. The van der Waals surface area contributed by atoms with Crippen molar-refractivity contribution in [3.05, 3.63) is 35.4 Å². The summed E-state index contributed by atoms with van der Waals surface area (Å²) >= 11 is 0. The van der Waals surface area contributed by atoms with Crippen LogP contribution in [0.15, 0.2) is 18.2 Å². The summed E-state index contributed by atoms with van der Waals surface area (Å²) in [6.07, 6.45) is 0.117. The van der Waals surface area contributed by atoms with Crippen LogP contribution in [-0.2, 0) is 0 Å². The van der Waals surface area contributed by atoms with Gasteiger partial charge in [-0.15, -0.1) is 0 Å². The van der Waals surface area contributed by atoms with E-state index in [-0.39, 0.29) is 11.5 Å². The van der Waals surface area contributed by atoms with Crippen molar-refractivity contribution in [1.29, 1.82) is 0 Å². The fourth-order valence-corrected chi connectivity index (χ4v) is 2.92. The van der Waals surface area contributed by atoms with Gasteiger partial charge < -0.3 is 4.90 Å². The Morgan fingerprint density at radius 2 is 1.85 bits per heavy atom. The number of hydrogen-bond donors (Lipinski definition) is 0. The smallest absolute Gasteiger partial charge is 0.132 e. The van der Waals surface area contributed by atoms with Gasteiger partial charge in [-0.2, -0.15) is 0 Å². The van der Waals surface area contributed by atoms with Crippen LogP contribution in [0.25, 0.3) is 0 Å². The van der Waals surface area contributed by atoms with E-state index in [1.807, 2.05) is 0 Å². The lowest BCUT2D eigenvalue weighted by Crippen LogP contribution is -2.37. The maximum atomic E-state index is 14.4. The van der Waals surface area contributed by atoms with Crippen LogP contribution >= 0.6 is 0 Å². The number of alkyl halides is 1. The molecule has 0 spiro atoms. The van der Waals surface area contributed by atoms with Crippen molar-refractivity contribution in [2.75, 3.05) is 19.6 Å². The van der Waals surface area contributed by atoms with Gasteiger partial charge in [-0.3, -0.25) is 0 Å². The molecule has 1 nitrogen and oxygen atoms in total. The fourth-order valence-electron chi connectivity index (χ4n) is 2.92. The molecule has 0 amide bonds. The Hall–Kier alpha value is -1.03. The summed E-state index contributed by atoms with van der Waals surface area (Å²) in [7, 11) is 0. The summed E-state index contributed by atoms with van der Waals surface area (Å²) < 4.78 is 40.9. The minimum Gasteiger partial charge on any atom is -0.303 e. The van der Waals surface area contributed by atoms with Gasteiger partial charge >= 0.3 is 0 Å². The van der Waals surface area contributed by atoms with Crippen molar-refractivity contribution in [2.24, 2.45) is 11.8 Å². The number of piperidine rings is 1. The third-order valence-electron chi connectivity index (χ3n) is 3.93. The van der Waals surface area contributed by atoms with Gasteiger partial charge in [-0.1, -0.05) is 19.9 Å². The fraction of sp³-hybridized carbons (Fsp3) is 0.625. The van der Waals surface area contributed by atoms with E-state index < -0.39 is 17.8 Å². The molecule has 0 N–H and O–H groups in total. The SMILES string of the molecule is CC(C)CN1CCC(C(F)c2ccc(F)cc2F)CC1. The third-order valence-corrected chi connectivity index (χ3v) is 3.93. The van der Waals surface area contributed by atoms with Crippen molar-refractivity contribution in [3.8, 4) is 0 Å². The van der Waals surface area contributed by atoms with Crippen molar-refractivity contribution >= 4 is 0 Å². The average Bonchev–Trinajstić information content (AvgIpc) is 2.38. The lowest BCUT2D eigenvalue weighted by atomic mass is 9.88. The second-order valence-corrected chi connectivity index (χ2v) is 6.10. The lowest BCUT2D eigenvalue weighted by molar-refractivity contribution is 0.111. The molecule has 1 saturated heterocycles. The van der Waals surface area contributed by atoms with Crippen LogP contribution in [0.4, 0.5) is 13.2 Å². The molecule has 4 heteroatoms. The number of halogens is 3. The quantitative estimate of drug-likeness (QED) is 0.795. The molecular formula is C16H22F3N. The first-order valence-corrected chi connectivity index (χ1v) is 7.28. The molecule has 0 aliphatic carbocycles. The largest absolute Gasteiger partial charge is 0.303 e. The molecule has 2 rings (SSSR count). The van der Waals surface area contributed by atoms with E-state index in [4.69, 9.17) is 0 Å². The Labute approximate surface area is 118 Å². The van der Waals surface area contributed by atoms with Crippen LogP contribution in [0.5, 0.6) is 0 Å². The Kier molecular flexibility index (Phi) is 5.08. The number of nitrogens with zero attached hydrogens (tertiary/aromatic N) is 1. The van der Waals surface area contributed by atoms with Crippen molar-refractivity contribution < 1.29 is 13.2 Å². The lowest BCUT2D eigenvalue weighted by Gasteiger charge is -2.34. The summed E-state index contributed by atoms with van der Waals surface area (Å²) in [6.45, 7) is 7.06. The van der Waals surface area contributed by atoms with Crippen LogP contribution in [0.1, 0.15) is 38.4 Å². The highest BCUT2D eigenvalue weighted by atomic mass is 19.1. The summed E-state index contributed by atoms with van der Waals surface area (Å²) in [4.78, 5) is 2.33. The summed E-state index contributed by atoms with van der Waals surface area (Å²) in [6, 6.07) is 3.12. The first kappa shape index (κ1) is 15.4. The van der Waals surface area contributed by atoms with Crippen molar-refractivity contribution in [2.45, 2.75) is 32.9 Å². The van der Waals surface area contributed by atoms with Crippen LogP contribution in [0, 0.1) is 23.5 Å². The number of rotatable bonds is 4. The Morgan fingerprint density at radius 3 is 2.40 bits per heavy atom. The summed E-state index contributed by atoms with van der Waals surface area (Å²) in [5, 5.41) is 0. The van der Waals surface area contributed by atoms with Gasteiger partial charge in [0.2, 0.25) is 0 Å². The normalized spacial score (nSPS) is 19.5. The molecular weight excluding hydrogens is 263 g/mol. The van der Waals surface area contributed by atoms with E-state index in [1.54, 1.807) is 0 Å². The second-order valence-electron chi connectivity index (χ2n) is 6.10. The Morgan fingerprint density at radius 1 is 1.20 bits per heavy atom. The Bertz CT molecular complexity index is 439.